The first-order chi connectivity index (χ1) is 9.89. The van der Waals surface area contributed by atoms with Crippen LogP contribution in [0.4, 0.5) is 17.6 Å². The molecule has 1 aromatic heterocycles. The highest BCUT2D eigenvalue weighted by Gasteiger charge is 2.42. The molecule has 0 spiro atoms. The summed E-state index contributed by atoms with van der Waals surface area (Å²) in [6.07, 6.45) is -8.03. The number of aliphatic hydroxyl groups is 1. The van der Waals surface area contributed by atoms with Crippen LogP contribution in [-0.4, -0.2) is 15.8 Å². The molecule has 2 nitrogen and oxygen atoms in total. The van der Waals surface area contributed by atoms with Gasteiger partial charge in [0.2, 0.25) is 0 Å². The molecule has 2 unspecified atom stereocenters. The van der Waals surface area contributed by atoms with Gasteiger partial charge >= 0.3 is 6.18 Å². The highest BCUT2D eigenvalue weighted by Crippen LogP contribution is 2.43. The van der Waals surface area contributed by atoms with Gasteiger partial charge in [-0.05, 0) is 18.1 Å². The number of alkyl halides is 4. The Kier molecular flexibility index (Phi) is 3.28. The van der Waals surface area contributed by atoms with Crippen molar-refractivity contribution in [1.82, 2.24) is 4.57 Å². The third kappa shape index (κ3) is 2.33. The predicted molar refractivity (Wildman–Crippen MR) is 69.3 cm³/mol. The van der Waals surface area contributed by atoms with Gasteiger partial charge in [0.25, 0.3) is 0 Å². The molecular formula is C15H13F4NO. The van der Waals surface area contributed by atoms with E-state index in [4.69, 9.17) is 0 Å². The average molecular weight is 299 g/mol. The van der Waals surface area contributed by atoms with Crippen molar-refractivity contribution < 1.29 is 22.7 Å². The Bertz CT molecular complexity index is 648. The summed E-state index contributed by atoms with van der Waals surface area (Å²) in [5, 5.41) is 9.84. The molecule has 0 fully saturated rings. The smallest absolute Gasteiger partial charge is 0.384 e. The SMILES string of the molecule is OC1c2c(C(F)(F)F)cc(-c3ccccc3)n2CCC1F. The van der Waals surface area contributed by atoms with E-state index < -0.39 is 24.0 Å². The zero-order valence-electron chi connectivity index (χ0n) is 10.9. The lowest BCUT2D eigenvalue weighted by molar-refractivity contribution is -0.140. The Hall–Kier alpha value is -1.82. The lowest BCUT2D eigenvalue weighted by atomic mass is 10.0. The maximum Gasteiger partial charge on any atom is 0.418 e. The molecule has 1 aliphatic rings. The molecule has 2 heterocycles. The molecule has 2 atom stereocenters. The van der Waals surface area contributed by atoms with Crippen LogP contribution in [-0.2, 0) is 12.7 Å². The highest BCUT2D eigenvalue weighted by molar-refractivity contribution is 5.63. The Morgan fingerprint density at radius 3 is 2.43 bits per heavy atom. The van der Waals surface area contributed by atoms with Gasteiger partial charge in [-0.3, -0.25) is 0 Å². The fraction of sp³-hybridized carbons (Fsp3) is 0.333. The van der Waals surface area contributed by atoms with Crippen LogP contribution in [0.3, 0.4) is 0 Å². The minimum absolute atomic E-state index is 0.0000224. The topological polar surface area (TPSA) is 25.2 Å². The molecule has 0 bridgehead atoms. The van der Waals surface area contributed by atoms with Gasteiger partial charge in [-0.2, -0.15) is 13.2 Å². The Balaban J connectivity index is 2.23. The van der Waals surface area contributed by atoms with E-state index in [9.17, 15) is 22.7 Å². The van der Waals surface area contributed by atoms with Gasteiger partial charge in [0.05, 0.1) is 11.3 Å². The zero-order chi connectivity index (χ0) is 15.2. The van der Waals surface area contributed by atoms with Crippen molar-refractivity contribution in [2.75, 3.05) is 0 Å². The van der Waals surface area contributed by atoms with Crippen LogP contribution >= 0.6 is 0 Å². The van der Waals surface area contributed by atoms with E-state index in [-0.39, 0.29) is 18.7 Å². The van der Waals surface area contributed by atoms with Crippen LogP contribution in [0.25, 0.3) is 11.3 Å². The second-order valence-electron chi connectivity index (χ2n) is 5.09. The Labute approximate surface area is 118 Å². The first-order valence-electron chi connectivity index (χ1n) is 6.58. The van der Waals surface area contributed by atoms with Gasteiger partial charge in [0.15, 0.2) is 0 Å². The standard InChI is InChI=1S/C15H13F4NO/c16-11-6-7-20-12(9-4-2-1-3-5-9)8-10(15(17,18)19)13(20)14(11)21/h1-5,8,11,14,21H,6-7H2. The first kappa shape index (κ1) is 14.1. The fourth-order valence-corrected chi connectivity index (χ4v) is 2.78. The second-order valence-corrected chi connectivity index (χ2v) is 5.09. The van der Waals surface area contributed by atoms with E-state index in [1.807, 2.05) is 0 Å². The summed E-state index contributed by atoms with van der Waals surface area (Å²) in [5.74, 6) is 0. The van der Waals surface area contributed by atoms with Gasteiger partial charge in [-0.15, -0.1) is 0 Å². The molecule has 0 amide bonds. The number of rotatable bonds is 1. The maximum atomic E-state index is 13.6. The summed E-state index contributed by atoms with van der Waals surface area (Å²) in [7, 11) is 0. The molecule has 1 aromatic carbocycles. The fourth-order valence-electron chi connectivity index (χ4n) is 2.78. The number of benzene rings is 1. The quantitative estimate of drug-likeness (QED) is 0.793. The predicted octanol–water partition coefficient (Wildman–Crippen LogP) is 3.95. The first-order valence-corrected chi connectivity index (χ1v) is 6.58. The highest BCUT2D eigenvalue weighted by atomic mass is 19.4. The van der Waals surface area contributed by atoms with Crippen molar-refractivity contribution in [3.63, 3.8) is 0 Å². The van der Waals surface area contributed by atoms with Crippen molar-refractivity contribution in [3.05, 3.63) is 47.7 Å². The van der Waals surface area contributed by atoms with Gasteiger partial charge in [-0.1, -0.05) is 30.3 Å². The Morgan fingerprint density at radius 1 is 1.14 bits per heavy atom. The summed E-state index contributed by atoms with van der Waals surface area (Å²) in [6, 6.07) is 9.58. The van der Waals surface area contributed by atoms with Crippen LogP contribution < -0.4 is 0 Å². The normalized spacial score (nSPS) is 22.1. The van der Waals surface area contributed by atoms with Crippen molar-refractivity contribution in [2.45, 2.75) is 31.4 Å². The van der Waals surface area contributed by atoms with Gasteiger partial charge in [-0.25, -0.2) is 4.39 Å². The molecule has 6 heteroatoms. The Morgan fingerprint density at radius 2 is 1.81 bits per heavy atom. The number of nitrogens with zero attached hydrogens (tertiary/aromatic N) is 1. The number of aliphatic hydroxyl groups excluding tert-OH is 1. The van der Waals surface area contributed by atoms with Crippen LogP contribution in [0.15, 0.2) is 36.4 Å². The molecule has 1 N–H and O–H groups in total. The average Bonchev–Trinajstić information content (AvgIpc) is 2.84. The molecule has 3 rings (SSSR count). The van der Waals surface area contributed by atoms with Crippen molar-refractivity contribution >= 4 is 0 Å². The van der Waals surface area contributed by atoms with Crippen LogP contribution in [0.2, 0.25) is 0 Å². The monoisotopic (exact) mass is 299 g/mol. The number of hydrogen-bond acceptors (Lipinski definition) is 1. The minimum Gasteiger partial charge on any atom is -0.384 e. The lowest BCUT2D eigenvalue weighted by Gasteiger charge is -2.27. The largest absolute Gasteiger partial charge is 0.418 e. The summed E-state index contributed by atoms with van der Waals surface area (Å²) in [6.45, 7) is 0.119. The van der Waals surface area contributed by atoms with Gasteiger partial charge in [0.1, 0.15) is 12.3 Å². The van der Waals surface area contributed by atoms with Gasteiger partial charge in [0, 0.05) is 12.2 Å². The van der Waals surface area contributed by atoms with Crippen LogP contribution in [0, 0.1) is 0 Å². The summed E-state index contributed by atoms with van der Waals surface area (Å²) >= 11 is 0. The molecule has 2 aromatic rings. The summed E-state index contributed by atoms with van der Waals surface area (Å²) in [5.41, 5.74) is -0.376. The molecule has 1 aliphatic heterocycles. The maximum absolute atomic E-state index is 13.6. The van der Waals surface area contributed by atoms with E-state index in [2.05, 4.69) is 0 Å². The van der Waals surface area contributed by atoms with E-state index in [0.717, 1.165) is 6.07 Å². The number of aromatic nitrogens is 1. The zero-order valence-corrected chi connectivity index (χ0v) is 10.9. The number of fused-ring (bicyclic) bond motifs is 1. The third-order valence-corrected chi connectivity index (χ3v) is 3.76. The van der Waals surface area contributed by atoms with E-state index in [1.165, 1.54) is 4.57 Å². The molecule has 0 saturated heterocycles. The molecule has 0 aliphatic carbocycles. The lowest BCUT2D eigenvalue weighted by Crippen LogP contribution is -2.28. The van der Waals surface area contributed by atoms with E-state index in [1.54, 1.807) is 30.3 Å². The summed E-state index contributed by atoms with van der Waals surface area (Å²) < 4.78 is 54.5. The van der Waals surface area contributed by atoms with Crippen molar-refractivity contribution in [1.29, 1.82) is 0 Å². The molecule has 21 heavy (non-hydrogen) atoms. The summed E-state index contributed by atoms with van der Waals surface area (Å²) in [4.78, 5) is 0. The molecular weight excluding hydrogens is 286 g/mol. The van der Waals surface area contributed by atoms with E-state index in [0.29, 0.717) is 11.3 Å². The molecule has 0 radical (unpaired) electrons. The van der Waals surface area contributed by atoms with Crippen molar-refractivity contribution in [3.8, 4) is 11.3 Å². The van der Waals surface area contributed by atoms with Crippen LogP contribution in [0.5, 0.6) is 0 Å². The number of halogens is 4. The minimum atomic E-state index is -4.62. The van der Waals surface area contributed by atoms with Gasteiger partial charge < -0.3 is 9.67 Å². The van der Waals surface area contributed by atoms with Crippen molar-refractivity contribution in [2.24, 2.45) is 0 Å². The molecule has 112 valence electrons. The number of hydrogen-bond donors (Lipinski definition) is 1. The molecule has 0 saturated carbocycles. The second kappa shape index (κ2) is 4.87. The van der Waals surface area contributed by atoms with E-state index >= 15 is 0 Å². The van der Waals surface area contributed by atoms with Crippen LogP contribution in [0.1, 0.15) is 23.8 Å². The third-order valence-electron chi connectivity index (χ3n) is 3.76.